The van der Waals surface area contributed by atoms with Gasteiger partial charge in [-0.15, -0.1) is 0 Å². The monoisotopic (exact) mass is 424 g/mol. The Morgan fingerprint density at radius 3 is 2.71 bits per heavy atom. The van der Waals surface area contributed by atoms with Gasteiger partial charge in [0.1, 0.15) is 18.5 Å². The highest BCUT2D eigenvalue weighted by atomic mass is 19.3. The molecule has 31 heavy (non-hydrogen) atoms. The molecule has 0 bridgehead atoms. The summed E-state index contributed by atoms with van der Waals surface area (Å²) in [5.74, 6) is -0.984. The van der Waals surface area contributed by atoms with Gasteiger partial charge in [0.15, 0.2) is 5.82 Å². The van der Waals surface area contributed by atoms with E-state index >= 15 is 0 Å². The van der Waals surface area contributed by atoms with Crippen LogP contribution >= 0.6 is 0 Å². The van der Waals surface area contributed by atoms with Gasteiger partial charge in [-0.1, -0.05) is 0 Å². The Morgan fingerprint density at radius 1 is 1.26 bits per heavy atom. The molecular weight excluding hydrogens is 402 g/mol. The smallest absolute Gasteiger partial charge is 0.248 e. The maximum absolute atomic E-state index is 13.5. The molecule has 0 amide bonds. The van der Waals surface area contributed by atoms with E-state index in [4.69, 9.17) is 10.00 Å². The van der Waals surface area contributed by atoms with Gasteiger partial charge in [0.25, 0.3) is 0 Å². The number of ether oxygens (including phenoxy) is 1. The topological polar surface area (TPSA) is 88.7 Å². The second-order valence-corrected chi connectivity index (χ2v) is 7.68. The van der Waals surface area contributed by atoms with Gasteiger partial charge in [0, 0.05) is 37.3 Å². The fourth-order valence-corrected chi connectivity index (χ4v) is 3.47. The summed E-state index contributed by atoms with van der Waals surface area (Å²) in [6, 6.07) is 10.8. The van der Waals surface area contributed by atoms with Crippen molar-refractivity contribution in [1.82, 2.24) is 19.7 Å². The number of anilines is 1. The zero-order chi connectivity index (χ0) is 21.8. The summed E-state index contributed by atoms with van der Waals surface area (Å²) in [7, 11) is 0. The van der Waals surface area contributed by atoms with E-state index in [-0.39, 0.29) is 25.5 Å². The molecule has 1 saturated carbocycles. The number of nitrogens with zero attached hydrogens (tertiary/aromatic N) is 5. The van der Waals surface area contributed by atoms with E-state index in [0.717, 1.165) is 11.3 Å². The van der Waals surface area contributed by atoms with Crippen molar-refractivity contribution < 1.29 is 13.5 Å². The molecule has 0 aliphatic heterocycles. The van der Waals surface area contributed by atoms with Gasteiger partial charge in [-0.05, 0) is 49.6 Å². The molecule has 3 heterocycles. The highest BCUT2D eigenvalue weighted by Crippen LogP contribution is 2.34. The molecule has 0 saturated heterocycles. The van der Waals surface area contributed by atoms with Crippen LogP contribution in [0.3, 0.4) is 0 Å². The first-order valence-electron chi connectivity index (χ1n) is 10.1. The summed E-state index contributed by atoms with van der Waals surface area (Å²) in [5.41, 5.74) is 2.14. The fraction of sp³-hybridized carbons (Fsp3) is 0.364. The standard InChI is InChI=1S/C22H22F2N6O/c1-15-6-9-30(29-15)20-11-17(14-31-21-3-2-16(12-25)13-26-21)10-19(28-20)27-18-4-7-22(23,24)8-5-18/h2-3,6,9-11,13,18H,4-5,7-8,14H2,1H3,(H,27,28). The van der Waals surface area contributed by atoms with E-state index in [2.05, 4.69) is 20.4 Å². The van der Waals surface area contributed by atoms with Crippen LogP contribution < -0.4 is 10.1 Å². The number of aryl methyl sites for hydroxylation is 1. The molecule has 1 N–H and O–H groups in total. The van der Waals surface area contributed by atoms with Crippen molar-refractivity contribution in [3.05, 3.63) is 59.5 Å². The third-order valence-electron chi connectivity index (χ3n) is 5.15. The van der Waals surface area contributed by atoms with Crippen molar-refractivity contribution in [2.75, 3.05) is 5.32 Å². The minimum atomic E-state index is -2.58. The van der Waals surface area contributed by atoms with Crippen LogP contribution in [0.5, 0.6) is 5.88 Å². The van der Waals surface area contributed by atoms with Crippen LogP contribution in [0.4, 0.5) is 14.6 Å². The molecule has 0 aromatic carbocycles. The zero-order valence-electron chi connectivity index (χ0n) is 17.1. The lowest BCUT2D eigenvalue weighted by atomic mass is 9.92. The Morgan fingerprint density at radius 2 is 2.06 bits per heavy atom. The summed E-state index contributed by atoms with van der Waals surface area (Å²) in [5, 5.41) is 16.6. The van der Waals surface area contributed by atoms with E-state index < -0.39 is 5.92 Å². The molecule has 0 unspecified atom stereocenters. The molecular formula is C22H22F2N6O. The first-order chi connectivity index (χ1) is 14.9. The molecule has 0 atom stereocenters. The summed E-state index contributed by atoms with van der Waals surface area (Å²) in [6.45, 7) is 2.12. The highest BCUT2D eigenvalue weighted by molar-refractivity contribution is 5.45. The van der Waals surface area contributed by atoms with Gasteiger partial charge in [0.2, 0.25) is 11.8 Å². The van der Waals surface area contributed by atoms with Crippen LogP contribution in [0, 0.1) is 18.3 Å². The van der Waals surface area contributed by atoms with Crippen molar-refractivity contribution in [3.63, 3.8) is 0 Å². The van der Waals surface area contributed by atoms with Crippen molar-refractivity contribution in [1.29, 1.82) is 5.26 Å². The fourth-order valence-electron chi connectivity index (χ4n) is 3.47. The molecule has 1 aliphatic rings. The predicted octanol–water partition coefficient (Wildman–Crippen LogP) is 4.41. The maximum atomic E-state index is 13.5. The minimum Gasteiger partial charge on any atom is -0.473 e. The number of nitriles is 1. The molecule has 3 aromatic heterocycles. The largest absolute Gasteiger partial charge is 0.473 e. The van der Waals surface area contributed by atoms with Gasteiger partial charge in [-0.3, -0.25) is 0 Å². The second kappa shape index (κ2) is 8.68. The lowest BCUT2D eigenvalue weighted by Crippen LogP contribution is -2.32. The van der Waals surface area contributed by atoms with Crippen LogP contribution in [-0.2, 0) is 6.61 Å². The molecule has 0 radical (unpaired) electrons. The van der Waals surface area contributed by atoms with Gasteiger partial charge in [-0.2, -0.15) is 10.4 Å². The van der Waals surface area contributed by atoms with Crippen LogP contribution in [0.1, 0.15) is 42.5 Å². The van der Waals surface area contributed by atoms with Gasteiger partial charge < -0.3 is 10.1 Å². The van der Waals surface area contributed by atoms with Crippen molar-refractivity contribution >= 4 is 5.82 Å². The number of nitrogens with one attached hydrogen (secondary N) is 1. The number of pyridine rings is 2. The van der Waals surface area contributed by atoms with E-state index in [1.165, 1.54) is 6.20 Å². The summed E-state index contributed by atoms with van der Waals surface area (Å²) in [4.78, 5) is 8.73. The van der Waals surface area contributed by atoms with Crippen LogP contribution in [-0.4, -0.2) is 31.7 Å². The van der Waals surface area contributed by atoms with E-state index in [1.54, 1.807) is 16.8 Å². The summed E-state index contributed by atoms with van der Waals surface area (Å²) in [6.07, 6.45) is 3.80. The van der Waals surface area contributed by atoms with Crippen LogP contribution in [0.25, 0.3) is 5.82 Å². The van der Waals surface area contributed by atoms with Crippen molar-refractivity contribution in [2.45, 2.75) is 51.2 Å². The minimum absolute atomic E-state index is 0.0595. The van der Waals surface area contributed by atoms with Gasteiger partial charge in [-0.25, -0.2) is 23.4 Å². The average Bonchev–Trinajstić information content (AvgIpc) is 3.20. The number of aromatic nitrogens is 4. The molecule has 4 rings (SSSR count). The first kappa shape index (κ1) is 20.7. The third-order valence-corrected chi connectivity index (χ3v) is 5.15. The van der Waals surface area contributed by atoms with Crippen LogP contribution in [0.2, 0.25) is 0 Å². The Labute approximate surface area is 178 Å². The number of alkyl halides is 2. The number of halogens is 2. The van der Waals surface area contributed by atoms with Crippen molar-refractivity contribution in [3.8, 4) is 17.8 Å². The lowest BCUT2D eigenvalue weighted by Gasteiger charge is -2.29. The summed E-state index contributed by atoms with van der Waals surface area (Å²) < 4.78 is 34.4. The van der Waals surface area contributed by atoms with Crippen molar-refractivity contribution in [2.24, 2.45) is 0 Å². The Bertz CT molecular complexity index is 1080. The number of rotatable bonds is 6. The predicted molar refractivity (Wildman–Crippen MR) is 110 cm³/mol. The Hall–Kier alpha value is -3.54. The summed E-state index contributed by atoms with van der Waals surface area (Å²) >= 11 is 0. The van der Waals surface area contributed by atoms with E-state index in [1.807, 2.05) is 37.4 Å². The first-order valence-corrected chi connectivity index (χ1v) is 10.1. The molecule has 1 aliphatic carbocycles. The Kier molecular flexibility index (Phi) is 5.80. The SMILES string of the molecule is Cc1ccn(-c2cc(COc3ccc(C#N)cn3)cc(NC3CCC(F)(F)CC3)n2)n1. The quantitative estimate of drug-likeness (QED) is 0.631. The van der Waals surface area contributed by atoms with E-state index in [9.17, 15) is 8.78 Å². The third kappa shape index (κ3) is 5.34. The molecule has 0 spiro atoms. The molecule has 7 nitrogen and oxygen atoms in total. The number of hydrogen-bond donors (Lipinski definition) is 1. The van der Waals surface area contributed by atoms with Gasteiger partial charge in [0.05, 0.1) is 11.3 Å². The van der Waals surface area contributed by atoms with Crippen LogP contribution in [0.15, 0.2) is 42.7 Å². The second-order valence-electron chi connectivity index (χ2n) is 7.68. The van der Waals surface area contributed by atoms with Gasteiger partial charge >= 0.3 is 0 Å². The Balaban J connectivity index is 1.53. The average molecular weight is 424 g/mol. The maximum Gasteiger partial charge on any atom is 0.248 e. The lowest BCUT2D eigenvalue weighted by molar-refractivity contribution is -0.0361. The highest BCUT2D eigenvalue weighted by Gasteiger charge is 2.35. The molecule has 160 valence electrons. The zero-order valence-corrected chi connectivity index (χ0v) is 17.1. The molecule has 1 fully saturated rings. The normalized spacial score (nSPS) is 15.9. The number of hydrogen-bond acceptors (Lipinski definition) is 6. The molecule has 9 heteroatoms. The molecule has 3 aromatic rings. The van der Waals surface area contributed by atoms with E-state index in [0.29, 0.717) is 35.9 Å².